The maximum Gasteiger partial charge on any atom is 0.0709 e. The third kappa shape index (κ3) is 3.24. The zero-order chi connectivity index (χ0) is 12.4. The van der Waals surface area contributed by atoms with Crippen LogP contribution in [-0.2, 0) is 0 Å². The van der Waals surface area contributed by atoms with Gasteiger partial charge in [-0.2, -0.15) is 0 Å². The second-order valence-corrected chi connectivity index (χ2v) is 6.26. The van der Waals surface area contributed by atoms with E-state index in [0.717, 1.165) is 19.6 Å². The first kappa shape index (κ1) is 12.9. The quantitative estimate of drug-likeness (QED) is 0.868. The Bertz CT molecular complexity index is 380. The van der Waals surface area contributed by atoms with Gasteiger partial charge in [0.2, 0.25) is 0 Å². The maximum absolute atomic E-state index is 3.59. The van der Waals surface area contributed by atoms with Gasteiger partial charge in [-0.15, -0.1) is 11.8 Å². The minimum Gasteiger partial charge on any atom is -0.303 e. The van der Waals surface area contributed by atoms with Gasteiger partial charge in [-0.3, -0.25) is 0 Å². The summed E-state index contributed by atoms with van der Waals surface area (Å²) in [6.45, 7) is 9.98. The van der Waals surface area contributed by atoms with Crippen molar-refractivity contribution >= 4 is 11.8 Å². The molecule has 2 rings (SSSR count). The molecule has 1 aliphatic rings. The summed E-state index contributed by atoms with van der Waals surface area (Å²) >= 11 is 1.98. The van der Waals surface area contributed by atoms with Crippen LogP contribution in [-0.4, -0.2) is 37.0 Å². The van der Waals surface area contributed by atoms with Crippen LogP contribution in [0.5, 0.6) is 0 Å². The van der Waals surface area contributed by atoms with Crippen molar-refractivity contribution in [2.75, 3.05) is 26.7 Å². The van der Waals surface area contributed by atoms with Gasteiger partial charge in [-0.25, -0.2) is 0 Å². The van der Waals surface area contributed by atoms with E-state index in [1.807, 2.05) is 11.8 Å². The number of hydrogen-bond donors (Lipinski definition) is 1. The lowest BCUT2D eigenvalue weighted by atomic mass is 10.1. The molecule has 1 aliphatic heterocycles. The molecule has 1 aromatic carbocycles. The lowest BCUT2D eigenvalue weighted by Crippen LogP contribution is -2.47. The van der Waals surface area contributed by atoms with Gasteiger partial charge in [-0.05, 0) is 38.9 Å². The Balaban J connectivity index is 2.12. The molecule has 3 heteroatoms. The zero-order valence-corrected chi connectivity index (χ0v) is 12.0. The maximum atomic E-state index is 3.59. The Morgan fingerprint density at radius 2 is 1.88 bits per heavy atom. The van der Waals surface area contributed by atoms with Crippen LogP contribution in [0.25, 0.3) is 0 Å². The van der Waals surface area contributed by atoms with Crippen LogP contribution >= 0.6 is 11.8 Å². The summed E-state index contributed by atoms with van der Waals surface area (Å²) < 4.78 is 0. The van der Waals surface area contributed by atoms with E-state index in [9.17, 15) is 0 Å². The predicted molar refractivity (Wildman–Crippen MR) is 75.8 cm³/mol. The molecule has 1 saturated heterocycles. The largest absolute Gasteiger partial charge is 0.303 e. The van der Waals surface area contributed by atoms with Crippen molar-refractivity contribution in [2.45, 2.75) is 31.0 Å². The molecule has 0 bridgehead atoms. The van der Waals surface area contributed by atoms with Crippen LogP contribution in [0.2, 0.25) is 0 Å². The normalized spacial score (nSPS) is 21.8. The van der Waals surface area contributed by atoms with Crippen molar-refractivity contribution in [1.82, 2.24) is 10.2 Å². The zero-order valence-electron chi connectivity index (χ0n) is 11.2. The lowest BCUT2D eigenvalue weighted by molar-refractivity contribution is 0.278. The molecule has 0 spiro atoms. The lowest BCUT2D eigenvalue weighted by Gasteiger charge is -2.31. The first-order valence-corrected chi connectivity index (χ1v) is 7.10. The SMILES string of the molecule is Cc1cc(C)c(SC2CN(C)CCN2)c(C)c1. The molecule has 2 nitrogen and oxygen atoms in total. The van der Waals surface area contributed by atoms with Crippen LogP contribution in [0.3, 0.4) is 0 Å². The van der Waals surface area contributed by atoms with Crippen molar-refractivity contribution in [2.24, 2.45) is 0 Å². The molecular weight excluding hydrogens is 228 g/mol. The Labute approximate surface area is 109 Å². The van der Waals surface area contributed by atoms with Gasteiger partial charge >= 0.3 is 0 Å². The van der Waals surface area contributed by atoms with Crippen LogP contribution < -0.4 is 5.32 Å². The molecule has 94 valence electrons. The van der Waals surface area contributed by atoms with Gasteiger partial charge in [-0.1, -0.05) is 17.7 Å². The summed E-state index contributed by atoms with van der Waals surface area (Å²) in [5.41, 5.74) is 4.17. The van der Waals surface area contributed by atoms with Crippen molar-refractivity contribution in [3.63, 3.8) is 0 Å². The fourth-order valence-corrected chi connectivity index (χ4v) is 3.73. The minimum atomic E-state index is 0.522. The average molecular weight is 250 g/mol. The fraction of sp³-hybridized carbons (Fsp3) is 0.571. The number of piperazine rings is 1. The second kappa shape index (κ2) is 5.42. The highest BCUT2D eigenvalue weighted by Crippen LogP contribution is 2.30. The van der Waals surface area contributed by atoms with E-state index in [1.165, 1.54) is 21.6 Å². The number of aryl methyl sites for hydroxylation is 3. The number of thioether (sulfide) groups is 1. The summed E-state index contributed by atoms with van der Waals surface area (Å²) in [7, 11) is 2.20. The Kier molecular flexibility index (Phi) is 4.13. The van der Waals surface area contributed by atoms with Gasteiger partial charge < -0.3 is 10.2 Å². The van der Waals surface area contributed by atoms with E-state index in [0.29, 0.717) is 5.37 Å². The highest BCUT2D eigenvalue weighted by molar-refractivity contribution is 8.00. The Hall–Kier alpha value is -0.510. The van der Waals surface area contributed by atoms with E-state index in [1.54, 1.807) is 0 Å². The molecule has 1 fully saturated rings. The smallest absolute Gasteiger partial charge is 0.0709 e. The van der Waals surface area contributed by atoms with Gasteiger partial charge in [0.15, 0.2) is 0 Å². The highest BCUT2D eigenvalue weighted by Gasteiger charge is 2.18. The van der Waals surface area contributed by atoms with E-state index in [4.69, 9.17) is 0 Å². The van der Waals surface area contributed by atoms with Gasteiger partial charge in [0.1, 0.15) is 0 Å². The summed E-state index contributed by atoms with van der Waals surface area (Å²) in [5, 5.41) is 4.11. The average Bonchev–Trinajstić information content (AvgIpc) is 2.23. The van der Waals surface area contributed by atoms with Gasteiger partial charge in [0.05, 0.1) is 5.37 Å². The first-order valence-electron chi connectivity index (χ1n) is 6.22. The molecule has 0 amide bonds. The Morgan fingerprint density at radius 3 is 2.47 bits per heavy atom. The van der Waals surface area contributed by atoms with Crippen molar-refractivity contribution < 1.29 is 0 Å². The van der Waals surface area contributed by atoms with E-state index >= 15 is 0 Å². The molecule has 17 heavy (non-hydrogen) atoms. The molecule has 1 atom stereocenters. The van der Waals surface area contributed by atoms with E-state index in [2.05, 4.69) is 50.2 Å². The van der Waals surface area contributed by atoms with E-state index in [-0.39, 0.29) is 0 Å². The second-order valence-electron chi connectivity index (χ2n) is 5.05. The Morgan fingerprint density at radius 1 is 1.24 bits per heavy atom. The van der Waals surface area contributed by atoms with E-state index < -0.39 is 0 Å². The standard InChI is InChI=1S/C14H22N2S/c1-10-7-11(2)14(12(3)8-10)17-13-9-16(4)6-5-15-13/h7-8,13,15H,5-6,9H2,1-4H3. The first-order chi connectivity index (χ1) is 8.06. The van der Waals surface area contributed by atoms with Gasteiger partial charge in [0, 0.05) is 24.5 Å². The topological polar surface area (TPSA) is 15.3 Å². The summed E-state index contributed by atoms with van der Waals surface area (Å²) in [6.07, 6.45) is 0. The predicted octanol–water partition coefficient (Wildman–Crippen LogP) is 2.57. The number of hydrogen-bond acceptors (Lipinski definition) is 3. The number of benzene rings is 1. The number of rotatable bonds is 2. The van der Waals surface area contributed by atoms with Crippen LogP contribution in [0.15, 0.2) is 17.0 Å². The number of likely N-dealkylation sites (N-methyl/N-ethyl adjacent to an activating group) is 1. The molecular formula is C14H22N2S. The van der Waals surface area contributed by atoms with Crippen molar-refractivity contribution in [3.05, 3.63) is 28.8 Å². The number of nitrogens with zero attached hydrogens (tertiary/aromatic N) is 1. The number of nitrogens with one attached hydrogen (secondary N) is 1. The molecule has 0 saturated carbocycles. The minimum absolute atomic E-state index is 0.522. The van der Waals surface area contributed by atoms with Crippen LogP contribution in [0, 0.1) is 20.8 Å². The van der Waals surface area contributed by atoms with Crippen LogP contribution in [0.1, 0.15) is 16.7 Å². The summed E-state index contributed by atoms with van der Waals surface area (Å²) in [6, 6.07) is 4.56. The van der Waals surface area contributed by atoms with Crippen LogP contribution in [0.4, 0.5) is 0 Å². The third-order valence-electron chi connectivity index (χ3n) is 3.21. The molecule has 0 radical (unpaired) electrons. The summed E-state index contributed by atoms with van der Waals surface area (Å²) in [4.78, 5) is 3.84. The molecule has 0 aromatic heterocycles. The molecule has 1 N–H and O–H groups in total. The van der Waals surface area contributed by atoms with Gasteiger partial charge in [0.25, 0.3) is 0 Å². The van der Waals surface area contributed by atoms with Crippen molar-refractivity contribution in [1.29, 1.82) is 0 Å². The highest BCUT2D eigenvalue weighted by atomic mass is 32.2. The van der Waals surface area contributed by atoms with Crippen molar-refractivity contribution in [3.8, 4) is 0 Å². The molecule has 0 aliphatic carbocycles. The fourth-order valence-electron chi connectivity index (χ4n) is 2.43. The third-order valence-corrected chi connectivity index (χ3v) is 4.69. The molecule has 1 aromatic rings. The monoisotopic (exact) mass is 250 g/mol. The molecule has 1 unspecified atom stereocenters. The molecule has 1 heterocycles. The summed E-state index contributed by atoms with van der Waals surface area (Å²) in [5.74, 6) is 0.